The number of benzene rings is 2. The molecule has 0 aliphatic rings. The molecule has 104 valence electrons. The largest absolute Gasteiger partial charge is 0.326 e. The van der Waals surface area contributed by atoms with Gasteiger partial charge in [0.25, 0.3) is 0 Å². The Hall–Kier alpha value is -1.80. The normalized spacial score (nSPS) is 10.3. The van der Waals surface area contributed by atoms with Gasteiger partial charge in [0.2, 0.25) is 5.91 Å². The van der Waals surface area contributed by atoms with Gasteiger partial charge in [-0.15, -0.1) is 11.6 Å². The van der Waals surface area contributed by atoms with Gasteiger partial charge in [-0.05, 0) is 36.6 Å². The van der Waals surface area contributed by atoms with E-state index in [2.05, 4.69) is 36.5 Å². The highest BCUT2D eigenvalue weighted by molar-refractivity contribution is 6.17. The van der Waals surface area contributed by atoms with Crippen molar-refractivity contribution in [2.75, 3.05) is 5.32 Å². The number of anilines is 1. The van der Waals surface area contributed by atoms with Crippen LogP contribution in [0.15, 0.2) is 48.5 Å². The van der Waals surface area contributed by atoms with Crippen LogP contribution in [0.5, 0.6) is 0 Å². The lowest BCUT2D eigenvalue weighted by molar-refractivity contribution is -0.116. The number of aryl methyl sites for hydroxylation is 2. The van der Waals surface area contributed by atoms with Crippen LogP contribution in [-0.2, 0) is 17.1 Å². The van der Waals surface area contributed by atoms with Crippen molar-refractivity contribution < 1.29 is 4.79 Å². The van der Waals surface area contributed by atoms with Crippen molar-refractivity contribution in [3.63, 3.8) is 0 Å². The zero-order valence-corrected chi connectivity index (χ0v) is 12.3. The van der Waals surface area contributed by atoms with Crippen LogP contribution in [0.1, 0.15) is 23.1 Å². The predicted molar refractivity (Wildman–Crippen MR) is 84.1 cm³/mol. The SMILES string of the molecule is Cc1ccc(CCC(=O)Nc2cccc(CCl)c2)cc1. The minimum atomic E-state index is 0.0253. The number of hydrogen-bond acceptors (Lipinski definition) is 1. The Morgan fingerprint density at radius 1 is 1.10 bits per heavy atom. The number of amides is 1. The molecule has 0 aromatic heterocycles. The van der Waals surface area contributed by atoms with E-state index in [0.717, 1.165) is 17.7 Å². The summed E-state index contributed by atoms with van der Waals surface area (Å²) in [6.07, 6.45) is 1.23. The average Bonchev–Trinajstić information content (AvgIpc) is 2.47. The molecule has 0 bridgehead atoms. The summed E-state index contributed by atoms with van der Waals surface area (Å²) in [5, 5.41) is 2.90. The Morgan fingerprint density at radius 2 is 1.85 bits per heavy atom. The van der Waals surface area contributed by atoms with Crippen LogP contribution in [0.2, 0.25) is 0 Å². The summed E-state index contributed by atoms with van der Waals surface area (Å²) in [4.78, 5) is 11.9. The highest BCUT2D eigenvalue weighted by Gasteiger charge is 2.03. The Balaban J connectivity index is 1.87. The van der Waals surface area contributed by atoms with Gasteiger partial charge in [0, 0.05) is 18.0 Å². The average molecular weight is 288 g/mol. The van der Waals surface area contributed by atoms with E-state index in [4.69, 9.17) is 11.6 Å². The van der Waals surface area contributed by atoms with Crippen molar-refractivity contribution in [2.24, 2.45) is 0 Å². The number of hydrogen-bond donors (Lipinski definition) is 1. The number of rotatable bonds is 5. The van der Waals surface area contributed by atoms with Gasteiger partial charge in [0.05, 0.1) is 0 Å². The van der Waals surface area contributed by atoms with E-state index >= 15 is 0 Å². The maximum atomic E-state index is 11.9. The van der Waals surface area contributed by atoms with Gasteiger partial charge < -0.3 is 5.32 Å². The van der Waals surface area contributed by atoms with Crippen LogP contribution in [0.3, 0.4) is 0 Å². The first-order valence-corrected chi connectivity index (χ1v) is 7.21. The first-order chi connectivity index (χ1) is 9.67. The molecule has 0 unspecified atom stereocenters. The molecule has 1 amide bonds. The van der Waals surface area contributed by atoms with Crippen molar-refractivity contribution in [3.05, 3.63) is 65.2 Å². The summed E-state index contributed by atoms with van der Waals surface area (Å²) in [6.45, 7) is 2.06. The summed E-state index contributed by atoms with van der Waals surface area (Å²) in [5.41, 5.74) is 4.22. The lowest BCUT2D eigenvalue weighted by Crippen LogP contribution is -2.12. The van der Waals surface area contributed by atoms with Crippen LogP contribution in [0, 0.1) is 6.92 Å². The van der Waals surface area contributed by atoms with Gasteiger partial charge in [0.1, 0.15) is 0 Å². The monoisotopic (exact) mass is 287 g/mol. The second-order valence-electron chi connectivity index (χ2n) is 4.87. The lowest BCUT2D eigenvalue weighted by Gasteiger charge is -2.06. The van der Waals surface area contributed by atoms with E-state index in [0.29, 0.717) is 12.3 Å². The molecule has 2 nitrogen and oxygen atoms in total. The molecule has 0 fully saturated rings. The third-order valence-corrected chi connectivity index (χ3v) is 3.43. The molecule has 1 N–H and O–H groups in total. The third-order valence-electron chi connectivity index (χ3n) is 3.13. The molecule has 0 spiro atoms. The highest BCUT2D eigenvalue weighted by atomic mass is 35.5. The zero-order valence-electron chi connectivity index (χ0n) is 11.5. The van der Waals surface area contributed by atoms with Crippen LogP contribution >= 0.6 is 11.6 Å². The predicted octanol–water partition coefficient (Wildman–Crippen LogP) is 4.31. The second-order valence-corrected chi connectivity index (χ2v) is 5.14. The number of carbonyl (C=O) groups excluding carboxylic acids is 1. The van der Waals surface area contributed by atoms with E-state index in [1.165, 1.54) is 11.1 Å². The topological polar surface area (TPSA) is 29.1 Å². The van der Waals surface area contributed by atoms with Gasteiger partial charge in [-0.1, -0.05) is 42.0 Å². The fourth-order valence-electron chi connectivity index (χ4n) is 1.97. The molecule has 20 heavy (non-hydrogen) atoms. The smallest absolute Gasteiger partial charge is 0.224 e. The van der Waals surface area contributed by atoms with Crippen LogP contribution in [-0.4, -0.2) is 5.91 Å². The van der Waals surface area contributed by atoms with Crippen molar-refractivity contribution in [1.82, 2.24) is 0 Å². The van der Waals surface area contributed by atoms with E-state index in [1.807, 2.05) is 24.3 Å². The molecule has 0 saturated carbocycles. The minimum absolute atomic E-state index is 0.0253. The molecule has 0 saturated heterocycles. The Bertz CT molecular complexity index is 578. The molecule has 2 rings (SSSR count). The number of alkyl halides is 1. The quantitative estimate of drug-likeness (QED) is 0.816. The summed E-state index contributed by atoms with van der Waals surface area (Å²) < 4.78 is 0. The third kappa shape index (κ3) is 4.39. The zero-order chi connectivity index (χ0) is 14.4. The molecular weight excluding hydrogens is 270 g/mol. The molecule has 0 aliphatic carbocycles. The molecule has 2 aromatic rings. The van der Waals surface area contributed by atoms with Crippen LogP contribution in [0.4, 0.5) is 5.69 Å². The lowest BCUT2D eigenvalue weighted by atomic mass is 10.1. The molecular formula is C17H18ClNO. The minimum Gasteiger partial charge on any atom is -0.326 e. The molecule has 0 radical (unpaired) electrons. The standard InChI is InChI=1S/C17H18ClNO/c1-13-5-7-14(8-6-13)9-10-17(20)19-16-4-2-3-15(11-16)12-18/h2-8,11H,9-10,12H2,1H3,(H,19,20). The maximum Gasteiger partial charge on any atom is 0.224 e. The summed E-state index contributed by atoms with van der Waals surface area (Å²) in [5.74, 6) is 0.477. The van der Waals surface area contributed by atoms with Crippen molar-refractivity contribution >= 4 is 23.2 Å². The molecule has 0 aliphatic heterocycles. The fraction of sp³-hybridized carbons (Fsp3) is 0.235. The van der Waals surface area contributed by atoms with Gasteiger partial charge in [-0.2, -0.15) is 0 Å². The molecule has 3 heteroatoms. The van der Waals surface area contributed by atoms with E-state index in [9.17, 15) is 4.79 Å². The Kier molecular flexibility index (Phi) is 5.19. The van der Waals surface area contributed by atoms with Crippen LogP contribution in [0.25, 0.3) is 0 Å². The summed E-state index contributed by atoms with van der Waals surface area (Å²) in [6, 6.07) is 15.9. The van der Waals surface area contributed by atoms with Crippen molar-refractivity contribution in [2.45, 2.75) is 25.6 Å². The first-order valence-electron chi connectivity index (χ1n) is 6.67. The number of halogens is 1. The van der Waals surface area contributed by atoms with Crippen LogP contribution < -0.4 is 5.32 Å². The van der Waals surface area contributed by atoms with Gasteiger partial charge in [-0.3, -0.25) is 4.79 Å². The maximum absolute atomic E-state index is 11.9. The molecule has 0 atom stereocenters. The highest BCUT2D eigenvalue weighted by Crippen LogP contribution is 2.13. The van der Waals surface area contributed by atoms with Crippen molar-refractivity contribution in [1.29, 1.82) is 0 Å². The second kappa shape index (κ2) is 7.11. The van der Waals surface area contributed by atoms with E-state index < -0.39 is 0 Å². The summed E-state index contributed by atoms with van der Waals surface area (Å²) >= 11 is 5.78. The van der Waals surface area contributed by atoms with E-state index in [1.54, 1.807) is 0 Å². The molecule has 0 heterocycles. The Labute approximate surface area is 124 Å². The van der Waals surface area contributed by atoms with Gasteiger partial charge in [0.15, 0.2) is 0 Å². The van der Waals surface area contributed by atoms with Gasteiger partial charge in [-0.25, -0.2) is 0 Å². The fourth-order valence-corrected chi connectivity index (χ4v) is 2.13. The molecule has 2 aromatic carbocycles. The first kappa shape index (κ1) is 14.6. The van der Waals surface area contributed by atoms with E-state index in [-0.39, 0.29) is 5.91 Å². The number of nitrogens with one attached hydrogen (secondary N) is 1. The summed E-state index contributed by atoms with van der Waals surface area (Å²) in [7, 11) is 0. The van der Waals surface area contributed by atoms with Crippen molar-refractivity contribution in [3.8, 4) is 0 Å². The Morgan fingerprint density at radius 3 is 2.55 bits per heavy atom. The number of carbonyl (C=O) groups is 1. The van der Waals surface area contributed by atoms with Gasteiger partial charge >= 0.3 is 0 Å².